The molecule has 1 heterocycles. The number of nitrogens with zero attached hydrogens (tertiary/aromatic N) is 2. The Morgan fingerprint density at radius 3 is 2.94 bits per heavy atom. The maximum atomic E-state index is 12.0. The topological polar surface area (TPSA) is 56.1 Å². The third kappa shape index (κ3) is 2.96. The predicted octanol–water partition coefficient (Wildman–Crippen LogP) is 1.02. The average Bonchev–Trinajstić information content (AvgIpc) is 2.45. The zero-order valence-electron chi connectivity index (χ0n) is 10.0. The van der Waals surface area contributed by atoms with Crippen LogP contribution in [0.15, 0.2) is 36.4 Å². The smallest absolute Gasteiger partial charge is 0.247 e. The van der Waals surface area contributed by atoms with E-state index in [0.29, 0.717) is 13.1 Å². The van der Waals surface area contributed by atoms with Crippen LogP contribution in [0.3, 0.4) is 0 Å². The molecule has 0 aliphatic carbocycles. The standard InChI is InChI=1S/C14H15N3O/c15-10-13-11-16-8-9-17(13)14(18)7-6-12-4-2-1-3-5-12/h1-7,13,16H,8-9,11H2. The third-order valence-corrected chi connectivity index (χ3v) is 2.89. The van der Waals surface area contributed by atoms with Crippen molar-refractivity contribution in [2.24, 2.45) is 0 Å². The Balaban J connectivity index is 2.03. The van der Waals surface area contributed by atoms with Gasteiger partial charge in [0, 0.05) is 25.7 Å². The highest BCUT2D eigenvalue weighted by Gasteiger charge is 2.24. The molecule has 4 nitrogen and oxygen atoms in total. The first kappa shape index (κ1) is 12.3. The quantitative estimate of drug-likeness (QED) is 0.787. The molecule has 2 rings (SSSR count). The Labute approximate surface area is 107 Å². The lowest BCUT2D eigenvalue weighted by Crippen LogP contribution is -2.52. The summed E-state index contributed by atoms with van der Waals surface area (Å²) in [5, 5.41) is 12.1. The normalized spacial score (nSPS) is 19.7. The third-order valence-electron chi connectivity index (χ3n) is 2.89. The molecule has 92 valence electrons. The van der Waals surface area contributed by atoms with Crippen molar-refractivity contribution < 1.29 is 4.79 Å². The van der Waals surface area contributed by atoms with Gasteiger partial charge < -0.3 is 10.2 Å². The number of benzene rings is 1. The van der Waals surface area contributed by atoms with Gasteiger partial charge in [-0.25, -0.2) is 0 Å². The highest BCUT2D eigenvalue weighted by atomic mass is 16.2. The van der Waals surface area contributed by atoms with E-state index in [2.05, 4.69) is 11.4 Å². The lowest BCUT2D eigenvalue weighted by atomic mass is 10.2. The van der Waals surface area contributed by atoms with Gasteiger partial charge in [-0.15, -0.1) is 0 Å². The van der Waals surface area contributed by atoms with Gasteiger partial charge in [0.2, 0.25) is 5.91 Å². The minimum atomic E-state index is -0.369. The summed E-state index contributed by atoms with van der Waals surface area (Å²) in [5.41, 5.74) is 0.981. The van der Waals surface area contributed by atoms with Gasteiger partial charge in [-0.1, -0.05) is 30.3 Å². The number of carbonyl (C=O) groups excluding carboxylic acids is 1. The van der Waals surface area contributed by atoms with Gasteiger partial charge in [-0.2, -0.15) is 5.26 Å². The molecule has 0 spiro atoms. The minimum absolute atomic E-state index is 0.105. The molecule has 1 atom stereocenters. The fraction of sp³-hybridized carbons (Fsp3) is 0.286. The second kappa shape index (κ2) is 5.99. The molecule has 1 aliphatic rings. The molecule has 1 N–H and O–H groups in total. The number of rotatable bonds is 2. The molecule has 0 aromatic heterocycles. The van der Waals surface area contributed by atoms with Crippen LogP contribution in [0, 0.1) is 11.3 Å². The Kier molecular flexibility index (Phi) is 4.11. The van der Waals surface area contributed by atoms with Crippen LogP contribution in [0.1, 0.15) is 5.56 Å². The van der Waals surface area contributed by atoms with E-state index >= 15 is 0 Å². The van der Waals surface area contributed by atoms with Gasteiger partial charge in [0.15, 0.2) is 0 Å². The monoisotopic (exact) mass is 241 g/mol. The molecule has 4 heteroatoms. The van der Waals surface area contributed by atoms with Crippen molar-refractivity contribution in [1.29, 1.82) is 5.26 Å². The highest BCUT2D eigenvalue weighted by Crippen LogP contribution is 2.06. The molecular weight excluding hydrogens is 226 g/mol. The molecule has 1 aromatic carbocycles. The molecule has 1 unspecified atom stereocenters. The van der Waals surface area contributed by atoms with Gasteiger partial charge in [0.25, 0.3) is 0 Å². The van der Waals surface area contributed by atoms with Gasteiger partial charge in [-0.3, -0.25) is 4.79 Å². The summed E-state index contributed by atoms with van der Waals surface area (Å²) in [6.07, 6.45) is 3.31. The van der Waals surface area contributed by atoms with Crippen LogP contribution in [0.4, 0.5) is 0 Å². The Hall–Kier alpha value is -2.12. The fourth-order valence-corrected chi connectivity index (χ4v) is 1.91. The zero-order chi connectivity index (χ0) is 12.8. The van der Waals surface area contributed by atoms with Crippen molar-refractivity contribution in [3.05, 3.63) is 42.0 Å². The number of carbonyl (C=O) groups is 1. The molecule has 1 saturated heterocycles. The molecule has 1 aliphatic heterocycles. The van der Waals surface area contributed by atoms with Crippen LogP contribution in [0.25, 0.3) is 6.08 Å². The minimum Gasteiger partial charge on any atom is -0.321 e. The number of nitriles is 1. The molecule has 1 amide bonds. The number of piperazine rings is 1. The van der Waals surface area contributed by atoms with Crippen molar-refractivity contribution in [2.75, 3.05) is 19.6 Å². The second-order valence-corrected chi connectivity index (χ2v) is 4.12. The molecule has 1 aromatic rings. The van der Waals surface area contributed by atoms with Crippen molar-refractivity contribution >= 4 is 12.0 Å². The summed E-state index contributed by atoms with van der Waals surface area (Å²) in [4.78, 5) is 13.6. The Morgan fingerprint density at radius 2 is 2.22 bits per heavy atom. The first-order valence-corrected chi connectivity index (χ1v) is 5.95. The van der Waals surface area contributed by atoms with Gasteiger partial charge in [0.05, 0.1) is 6.07 Å². The summed E-state index contributed by atoms with van der Waals surface area (Å²) in [5.74, 6) is -0.105. The summed E-state index contributed by atoms with van der Waals surface area (Å²) in [6.45, 7) is 1.86. The lowest BCUT2D eigenvalue weighted by molar-refractivity contribution is -0.127. The van der Waals surface area contributed by atoms with E-state index in [9.17, 15) is 4.79 Å². The van der Waals surface area contributed by atoms with E-state index in [1.165, 1.54) is 6.08 Å². The van der Waals surface area contributed by atoms with E-state index in [0.717, 1.165) is 12.1 Å². The number of hydrogen-bond donors (Lipinski definition) is 1. The summed E-state index contributed by atoms with van der Waals surface area (Å²) >= 11 is 0. The van der Waals surface area contributed by atoms with E-state index in [4.69, 9.17) is 5.26 Å². The van der Waals surface area contributed by atoms with Crippen molar-refractivity contribution in [3.63, 3.8) is 0 Å². The number of amides is 1. The van der Waals surface area contributed by atoms with Crippen molar-refractivity contribution in [2.45, 2.75) is 6.04 Å². The van der Waals surface area contributed by atoms with E-state index in [1.54, 1.807) is 11.0 Å². The van der Waals surface area contributed by atoms with Gasteiger partial charge in [0.1, 0.15) is 6.04 Å². The fourth-order valence-electron chi connectivity index (χ4n) is 1.91. The summed E-state index contributed by atoms with van der Waals surface area (Å²) < 4.78 is 0. The van der Waals surface area contributed by atoms with Crippen LogP contribution in [0.2, 0.25) is 0 Å². The van der Waals surface area contributed by atoms with Crippen LogP contribution in [-0.2, 0) is 4.79 Å². The maximum absolute atomic E-state index is 12.0. The molecule has 0 radical (unpaired) electrons. The second-order valence-electron chi connectivity index (χ2n) is 4.12. The molecule has 0 saturated carbocycles. The molecule has 18 heavy (non-hydrogen) atoms. The van der Waals surface area contributed by atoms with Crippen LogP contribution in [0.5, 0.6) is 0 Å². The van der Waals surface area contributed by atoms with Crippen molar-refractivity contribution in [1.82, 2.24) is 10.2 Å². The van der Waals surface area contributed by atoms with Gasteiger partial charge in [-0.05, 0) is 11.6 Å². The van der Waals surface area contributed by atoms with Crippen molar-refractivity contribution in [3.8, 4) is 6.07 Å². The van der Waals surface area contributed by atoms with Gasteiger partial charge >= 0.3 is 0 Å². The van der Waals surface area contributed by atoms with E-state index in [1.807, 2.05) is 30.3 Å². The largest absolute Gasteiger partial charge is 0.321 e. The predicted molar refractivity (Wildman–Crippen MR) is 69.5 cm³/mol. The molecule has 1 fully saturated rings. The van der Waals surface area contributed by atoms with Crippen LogP contribution < -0.4 is 5.32 Å². The zero-order valence-corrected chi connectivity index (χ0v) is 10.0. The first-order valence-electron chi connectivity index (χ1n) is 5.95. The van der Waals surface area contributed by atoms with Crippen LogP contribution >= 0.6 is 0 Å². The number of hydrogen-bond acceptors (Lipinski definition) is 3. The molecular formula is C14H15N3O. The SMILES string of the molecule is N#CC1CNCCN1C(=O)C=Cc1ccccc1. The molecule has 0 bridgehead atoms. The Bertz CT molecular complexity index is 476. The average molecular weight is 241 g/mol. The summed E-state index contributed by atoms with van der Waals surface area (Å²) in [7, 11) is 0. The highest BCUT2D eigenvalue weighted by molar-refractivity contribution is 5.92. The maximum Gasteiger partial charge on any atom is 0.247 e. The first-order chi connectivity index (χ1) is 8.81. The summed E-state index contributed by atoms with van der Waals surface area (Å²) in [6, 6.07) is 11.4. The number of nitrogens with one attached hydrogen (secondary N) is 1. The van der Waals surface area contributed by atoms with E-state index < -0.39 is 0 Å². The van der Waals surface area contributed by atoms with Crippen LogP contribution in [-0.4, -0.2) is 36.5 Å². The Morgan fingerprint density at radius 1 is 1.44 bits per heavy atom. The lowest BCUT2D eigenvalue weighted by Gasteiger charge is -2.31. The van der Waals surface area contributed by atoms with E-state index in [-0.39, 0.29) is 11.9 Å².